The smallest absolute Gasteiger partial charge is 0.251 e. The van der Waals surface area contributed by atoms with E-state index in [1.54, 1.807) is 37.6 Å². The van der Waals surface area contributed by atoms with Gasteiger partial charge in [0.15, 0.2) is 0 Å². The van der Waals surface area contributed by atoms with Gasteiger partial charge in [0.2, 0.25) is 5.91 Å². The lowest BCUT2D eigenvalue weighted by atomic mass is 10.2. The predicted molar refractivity (Wildman–Crippen MR) is 96.5 cm³/mol. The summed E-state index contributed by atoms with van der Waals surface area (Å²) in [7, 11) is 1.66. The number of hydrogen-bond donors (Lipinski definition) is 1. The molecule has 0 unspecified atom stereocenters. The van der Waals surface area contributed by atoms with Crippen molar-refractivity contribution in [3.63, 3.8) is 0 Å². The van der Waals surface area contributed by atoms with Crippen LogP contribution in [-0.2, 0) is 11.3 Å². The first-order chi connectivity index (χ1) is 11.9. The van der Waals surface area contributed by atoms with Gasteiger partial charge in [0, 0.05) is 37.3 Å². The van der Waals surface area contributed by atoms with E-state index in [0.717, 1.165) is 5.82 Å². The molecule has 1 aromatic carbocycles. The van der Waals surface area contributed by atoms with E-state index in [1.807, 2.05) is 4.57 Å². The van der Waals surface area contributed by atoms with Gasteiger partial charge >= 0.3 is 0 Å². The third-order valence-electron chi connectivity index (χ3n) is 3.82. The second-order valence-corrected chi connectivity index (χ2v) is 5.94. The van der Waals surface area contributed by atoms with Crippen molar-refractivity contribution in [1.82, 2.24) is 20.1 Å². The Morgan fingerprint density at radius 3 is 2.60 bits per heavy atom. The molecule has 0 atom stereocenters. The van der Waals surface area contributed by atoms with Gasteiger partial charge in [-0.2, -0.15) is 0 Å². The van der Waals surface area contributed by atoms with Crippen molar-refractivity contribution < 1.29 is 9.59 Å². The second kappa shape index (κ2) is 8.23. The van der Waals surface area contributed by atoms with Crippen LogP contribution in [0.25, 0.3) is 0 Å². The van der Waals surface area contributed by atoms with Crippen LogP contribution in [0.3, 0.4) is 0 Å². The first kappa shape index (κ1) is 18.4. The van der Waals surface area contributed by atoms with Crippen LogP contribution in [-0.4, -0.2) is 40.2 Å². The summed E-state index contributed by atoms with van der Waals surface area (Å²) >= 11 is 0. The molecule has 2 aromatic rings. The molecule has 0 fully saturated rings. The van der Waals surface area contributed by atoms with Crippen LogP contribution >= 0.6 is 0 Å². The Morgan fingerprint density at radius 1 is 1.32 bits per heavy atom. The third-order valence-corrected chi connectivity index (χ3v) is 3.82. The van der Waals surface area contributed by atoms with Gasteiger partial charge in [-0.25, -0.2) is 0 Å². The molecule has 1 N–H and O–H groups in total. The molecular formula is C18H23N5O2. The number of aromatic nitrogens is 3. The molecule has 0 saturated heterocycles. The molecule has 7 nitrogen and oxygen atoms in total. The van der Waals surface area contributed by atoms with Gasteiger partial charge in [0.25, 0.3) is 5.91 Å². The average Bonchev–Trinajstić information content (AvgIpc) is 3.09. The minimum Gasteiger partial charge on any atom is -0.350 e. The maximum atomic E-state index is 12.2. The van der Waals surface area contributed by atoms with Crippen molar-refractivity contribution in [2.45, 2.75) is 26.3 Å². The largest absolute Gasteiger partial charge is 0.350 e. The summed E-state index contributed by atoms with van der Waals surface area (Å²) in [5, 5.41) is 10.9. The number of anilines is 1. The topological polar surface area (TPSA) is 80.1 Å². The zero-order valence-corrected chi connectivity index (χ0v) is 14.8. The summed E-state index contributed by atoms with van der Waals surface area (Å²) in [4.78, 5) is 25.3. The highest BCUT2D eigenvalue weighted by atomic mass is 16.2. The second-order valence-electron chi connectivity index (χ2n) is 5.94. The van der Waals surface area contributed by atoms with E-state index in [-0.39, 0.29) is 17.7 Å². The van der Waals surface area contributed by atoms with Crippen molar-refractivity contribution in [2.24, 2.45) is 0 Å². The number of rotatable bonds is 7. The lowest BCUT2D eigenvalue weighted by Gasteiger charge is -2.15. The van der Waals surface area contributed by atoms with Crippen LogP contribution in [0.2, 0.25) is 0 Å². The Kier molecular flexibility index (Phi) is 6.05. The number of likely N-dealkylation sites (N-methyl/N-ethyl adjacent to an activating group) is 1. The van der Waals surface area contributed by atoms with Gasteiger partial charge in [0.1, 0.15) is 12.2 Å². The van der Waals surface area contributed by atoms with Crippen LogP contribution in [0.4, 0.5) is 5.69 Å². The maximum absolute atomic E-state index is 12.2. The molecule has 2 amide bonds. The van der Waals surface area contributed by atoms with E-state index >= 15 is 0 Å². The summed E-state index contributed by atoms with van der Waals surface area (Å²) in [6.45, 7) is 8.65. The Morgan fingerprint density at radius 2 is 2.00 bits per heavy atom. The zero-order chi connectivity index (χ0) is 18.4. The lowest BCUT2D eigenvalue weighted by molar-refractivity contribution is -0.113. The molecule has 0 spiro atoms. The van der Waals surface area contributed by atoms with Crippen LogP contribution in [0.15, 0.2) is 43.2 Å². The van der Waals surface area contributed by atoms with Crippen LogP contribution in [0, 0.1) is 0 Å². The molecule has 0 aliphatic carbocycles. The number of amides is 2. The van der Waals surface area contributed by atoms with Gasteiger partial charge in [-0.1, -0.05) is 20.4 Å². The zero-order valence-electron chi connectivity index (χ0n) is 14.8. The fourth-order valence-electron chi connectivity index (χ4n) is 2.38. The molecule has 0 bridgehead atoms. The standard InChI is InChI=1S/C18H23N5O2/c1-5-16(24)22(4)15-8-6-14(7-9-15)18(25)19-10-11-23-12-20-21-17(23)13(2)3/h5-9,12-13H,1,10-11H2,2-4H3,(H,19,25). The summed E-state index contributed by atoms with van der Waals surface area (Å²) in [6, 6.07) is 6.84. The Bertz CT molecular complexity index is 749. The maximum Gasteiger partial charge on any atom is 0.251 e. The van der Waals surface area contributed by atoms with Crippen molar-refractivity contribution in [1.29, 1.82) is 0 Å². The number of nitrogens with one attached hydrogen (secondary N) is 1. The molecular weight excluding hydrogens is 318 g/mol. The number of benzene rings is 1. The van der Waals surface area contributed by atoms with Gasteiger partial charge in [0.05, 0.1) is 0 Å². The number of carbonyl (C=O) groups is 2. The van der Waals surface area contributed by atoms with Gasteiger partial charge in [-0.05, 0) is 30.3 Å². The van der Waals surface area contributed by atoms with Gasteiger partial charge in [-0.3, -0.25) is 9.59 Å². The van der Waals surface area contributed by atoms with E-state index in [4.69, 9.17) is 0 Å². The third kappa shape index (κ3) is 4.53. The van der Waals surface area contributed by atoms with Gasteiger partial charge in [-0.15, -0.1) is 10.2 Å². The van der Waals surface area contributed by atoms with Gasteiger partial charge < -0.3 is 14.8 Å². The van der Waals surface area contributed by atoms with E-state index in [1.165, 1.54) is 11.0 Å². The van der Waals surface area contributed by atoms with Crippen LogP contribution in [0.5, 0.6) is 0 Å². The fourth-order valence-corrected chi connectivity index (χ4v) is 2.38. The van der Waals surface area contributed by atoms with Crippen molar-refractivity contribution in [3.8, 4) is 0 Å². The summed E-state index contributed by atoms with van der Waals surface area (Å²) < 4.78 is 1.93. The SMILES string of the molecule is C=CC(=O)N(C)c1ccc(C(=O)NCCn2cnnc2C(C)C)cc1. The summed E-state index contributed by atoms with van der Waals surface area (Å²) in [5.74, 6) is 0.810. The molecule has 132 valence electrons. The molecule has 0 saturated carbocycles. The molecule has 1 heterocycles. The van der Waals surface area contributed by atoms with Crippen molar-refractivity contribution in [3.05, 3.63) is 54.6 Å². The quantitative estimate of drug-likeness (QED) is 0.781. The number of carbonyl (C=O) groups excluding carboxylic acids is 2. The normalized spacial score (nSPS) is 10.6. The van der Waals surface area contributed by atoms with Crippen LogP contribution < -0.4 is 10.2 Å². The average molecular weight is 341 g/mol. The molecule has 7 heteroatoms. The molecule has 0 aliphatic heterocycles. The first-order valence-electron chi connectivity index (χ1n) is 8.10. The van der Waals surface area contributed by atoms with Crippen molar-refractivity contribution in [2.75, 3.05) is 18.5 Å². The molecule has 25 heavy (non-hydrogen) atoms. The monoisotopic (exact) mass is 341 g/mol. The number of nitrogens with zero attached hydrogens (tertiary/aromatic N) is 4. The Labute approximate surface area is 147 Å². The first-order valence-corrected chi connectivity index (χ1v) is 8.10. The van der Waals surface area contributed by atoms with E-state index in [0.29, 0.717) is 24.3 Å². The van der Waals surface area contributed by atoms with E-state index < -0.39 is 0 Å². The predicted octanol–water partition coefficient (Wildman–Crippen LogP) is 1.98. The Hall–Kier alpha value is -2.96. The highest BCUT2D eigenvalue weighted by Gasteiger charge is 2.11. The van der Waals surface area contributed by atoms with Crippen LogP contribution in [0.1, 0.15) is 35.9 Å². The number of hydrogen-bond acceptors (Lipinski definition) is 4. The Balaban J connectivity index is 1.91. The summed E-state index contributed by atoms with van der Waals surface area (Å²) in [5.41, 5.74) is 1.24. The molecule has 1 aromatic heterocycles. The molecule has 0 radical (unpaired) electrons. The highest BCUT2D eigenvalue weighted by molar-refractivity contribution is 6.01. The summed E-state index contributed by atoms with van der Waals surface area (Å²) in [6.07, 6.45) is 2.92. The highest BCUT2D eigenvalue weighted by Crippen LogP contribution is 2.14. The van der Waals surface area contributed by atoms with E-state index in [2.05, 4.69) is 35.9 Å². The lowest BCUT2D eigenvalue weighted by Crippen LogP contribution is -2.28. The molecule has 2 rings (SSSR count). The minimum atomic E-state index is -0.202. The van der Waals surface area contributed by atoms with E-state index in [9.17, 15) is 9.59 Å². The van der Waals surface area contributed by atoms with Crippen molar-refractivity contribution >= 4 is 17.5 Å². The fraction of sp³-hybridized carbons (Fsp3) is 0.333. The minimum absolute atomic E-state index is 0.163. The molecule has 0 aliphatic rings.